The molecule has 7 heteroatoms. The van der Waals surface area contributed by atoms with Crippen LogP contribution >= 0.6 is 0 Å². The molecule has 0 amide bonds. The van der Waals surface area contributed by atoms with Gasteiger partial charge < -0.3 is 9.67 Å². The zero-order valence-corrected chi connectivity index (χ0v) is 12.6. The van der Waals surface area contributed by atoms with Crippen molar-refractivity contribution in [2.24, 2.45) is 5.92 Å². The Kier molecular flexibility index (Phi) is 3.95. The molecular weight excluding hydrogens is 290 g/mol. The van der Waals surface area contributed by atoms with Gasteiger partial charge in [-0.05, 0) is 30.9 Å². The monoisotopic (exact) mass is 309 g/mol. The summed E-state index contributed by atoms with van der Waals surface area (Å²) in [5, 5.41) is 9.01. The fourth-order valence-electron chi connectivity index (χ4n) is 2.90. The molecule has 1 aliphatic rings. The second-order valence-electron chi connectivity index (χ2n) is 5.58. The van der Waals surface area contributed by atoms with Gasteiger partial charge in [0.05, 0.1) is 11.5 Å². The van der Waals surface area contributed by atoms with E-state index in [-0.39, 0.29) is 24.0 Å². The summed E-state index contributed by atoms with van der Waals surface area (Å²) in [6.07, 6.45) is 3.74. The first-order valence-corrected chi connectivity index (χ1v) is 9.02. The molecule has 2 aromatic heterocycles. The second-order valence-corrected chi connectivity index (χ2v) is 7.81. The molecule has 0 spiro atoms. The van der Waals surface area contributed by atoms with Gasteiger partial charge in [0.2, 0.25) is 0 Å². The lowest BCUT2D eigenvalue weighted by molar-refractivity contribution is 0.286. The molecular formula is C14H19N3O3S. The number of rotatable bonds is 5. The molecule has 0 aliphatic carbocycles. The first-order chi connectivity index (χ1) is 10.1. The number of sulfone groups is 1. The van der Waals surface area contributed by atoms with E-state index in [1.165, 1.54) is 0 Å². The Hall–Kier alpha value is -1.47. The minimum atomic E-state index is -2.88. The Bertz CT molecular complexity index is 739. The Morgan fingerprint density at radius 3 is 3.00 bits per heavy atom. The van der Waals surface area contributed by atoms with Gasteiger partial charge in [0.25, 0.3) is 0 Å². The summed E-state index contributed by atoms with van der Waals surface area (Å²) in [5.41, 5.74) is 1.63. The third kappa shape index (κ3) is 3.08. The summed E-state index contributed by atoms with van der Waals surface area (Å²) >= 11 is 0. The van der Waals surface area contributed by atoms with Crippen molar-refractivity contribution in [1.82, 2.24) is 14.5 Å². The van der Waals surface area contributed by atoms with Crippen molar-refractivity contribution >= 4 is 21.0 Å². The van der Waals surface area contributed by atoms with Crippen molar-refractivity contribution in [3.05, 3.63) is 24.2 Å². The number of nitrogens with zero attached hydrogens (tertiary/aromatic N) is 3. The number of aliphatic hydroxyl groups excluding tert-OH is 1. The zero-order valence-electron chi connectivity index (χ0n) is 11.8. The van der Waals surface area contributed by atoms with E-state index in [0.717, 1.165) is 17.0 Å². The van der Waals surface area contributed by atoms with Crippen LogP contribution in [0.2, 0.25) is 0 Å². The van der Waals surface area contributed by atoms with Crippen LogP contribution in [-0.4, -0.2) is 46.2 Å². The summed E-state index contributed by atoms with van der Waals surface area (Å²) in [6, 6.07) is 3.75. The summed E-state index contributed by atoms with van der Waals surface area (Å²) < 4.78 is 25.3. The van der Waals surface area contributed by atoms with Crippen LogP contribution in [0, 0.1) is 5.92 Å². The van der Waals surface area contributed by atoms with Crippen molar-refractivity contribution in [3.8, 4) is 0 Å². The highest BCUT2D eigenvalue weighted by Gasteiger charge is 2.29. The van der Waals surface area contributed by atoms with Crippen molar-refractivity contribution in [3.63, 3.8) is 0 Å². The van der Waals surface area contributed by atoms with Crippen LogP contribution < -0.4 is 0 Å². The lowest BCUT2D eigenvalue weighted by atomic mass is 10.1. The summed E-state index contributed by atoms with van der Waals surface area (Å²) in [6.45, 7) is 0.752. The maximum Gasteiger partial charge on any atom is 0.159 e. The Balaban J connectivity index is 1.91. The molecule has 21 heavy (non-hydrogen) atoms. The van der Waals surface area contributed by atoms with Gasteiger partial charge in [0, 0.05) is 25.8 Å². The molecule has 114 valence electrons. The quantitative estimate of drug-likeness (QED) is 0.882. The van der Waals surface area contributed by atoms with Crippen LogP contribution in [0.3, 0.4) is 0 Å². The second kappa shape index (κ2) is 5.73. The SMILES string of the molecule is O=S1(=O)CCC(Cn2c(CCCO)nc3cccnc32)C1. The van der Waals surface area contributed by atoms with E-state index in [0.29, 0.717) is 25.8 Å². The van der Waals surface area contributed by atoms with Crippen LogP contribution in [-0.2, 0) is 22.8 Å². The number of pyridine rings is 1. The Labute approximate surface area is 123 Å². The molecule has 1 atom stereocenters. The highest BCUT2D eigenvalue weighted by molar-refractivity contribution is 7.91. The fourth-order valence-corrected chi connectivity index (χ4v) is 4.75. The number of aliphatic hydroxyl groups is 1. The molecule has 1 aliphatic heterocycles. The van der Waals surface area contributed by atoms with E-state index in [1.807, 2.05) is 16.7 Å². The number of aryl methyl sites for hydroxylation is 1. The van der Waals surface area contributed by atoms with Crippen molar-refractivity contribution in [1.29, 1.82) is 0 Å². The topological polar surface area (TPSA) is 85.1 Å². The van der Waals surface area contributed by atoms with E-state index in [4.69, 9.17) is 5.11 Å². The molecule has 3 rings (SSSR count). The van der Waals surface area contributed by atoms with E-state index in [1.54, 1.807) is 6.20 Å². The number of hydrogen-bond donors (Lipinski definition) is 1. The van der Waals surface area contributed by atoms with Gasteiger partial charge in [-0.25, -0.2) is 18.4 Å². The largest absolute Gasteiger partial charge is 0.396 e. The average molecular weight is 309 g/mol. The minimum absolute atomic E-state index is 0.119. The molecule has 0 radical (unpaired) electrons. The third-order valence-corrected chi connectivity index (χ3v) is 5.75. The van der Waals surface area contributed by atoms with Gasteiger partial charge in [0.15, 0.2) is 15.5 Å². The molecule has 0 aromatic carbocycles. The van der Waals surface area contributed by atoms with E-state index < -0.39 is 9.84 Å². The molecule has 2 aromatic rings. The predicted octanol–water partition coefficient (Wildman–Crippen LogP) is 0.791. The molecule has 1 N–H and O–H groups in total. The van der Waals surface area contributed by atoms with Gasteiger partial charge in [-0.2, -0.15) is 0 Å². The zero-order chi connectivity index (χ0) is 14.9. The molecule has 1 unspecified atom stereocenters. The van der Waals surface area contributed by atoms with Crippen molar-refractivity contribution in [2.45, 2.75) is 25.8 Å². The van der Waals surface area contributed by atoms with Gasteiger partial charge in [-0.15, -0.1) is 0 Å². The number of fused-ring (bicyclic) bond motifs is 1. The van der Waals surface area contributed by atoms with Crippen LogP contribution in [0.4, 0.5) is 0 Å². The molecule has 6 nitrogen and oxygen atoms in total. The summed E-state index contributed by atoms with van der Waals surface area (Å²) in [4.78, 5) is 8.95. The van der Waals surface area contributed by atoms with Gasteiger partial charge in [-0.1, -0.05) is 0 Å². The molecule has 3 heterocycles. The number of imidazole rings is 1. The van der Waals surface area contributed by atoms with Crippen LogP contribution in [0.1, 0.15) is 18.7 Å². The Morgan fingerprint density at radius 1 is 1.43 bits per heavy atom. The highest BCUT2D eigenvalue weighted by Crippen LogP contribution is 2.23. The molecule has 0 bridgehead atoms. The summed E-state index contributed by atoms with van der Waals surface area (Å²) in [7, 11) is -2.88. The standard InChI is InChI=1S/C14H19N3O3S/c18-7-2-4-13-16-12-3-1-6-15-14(12)17(13)9-11-5-8-21(19,20)10-11/h1,3,6,11,18H,2,4-5,7-10H2. The van der Waals surface area contributed by atoms with Crippen molar-refractivity contribution < 1.29 is 13.5 Å². The molecule has 1 saturated heterocycles. The maximum atomic E-state index is 11.6. The van der Waals surface area contributed by atoms with Gasteiger partial charge in [-0.3, -0.25) is 0 Å². The minimum Gasteiger partial charge on any atom is -0.396 e. The van der Waals surface area contributed by atoms with Gasteiger partial charge in [0.1, 0.15) is 11.3 Å². The maximum absolute atomic E-state index is 11.6. The van der Waals surface area contributed by atoms with E-state index >= 15 is 0 Å². The molecule has 1 fully saturated rings. The number of hydrogen-bond acceptors (Lipinski definition) is 5. The first-order valence-electron chi connectivity index (χ1n) is 7.20. The number of aromatic nitrogens is 3. The third-order valence-electron chi connectivity index (χ3n) is 3.91. The fraction of sp³-hybridized carbons (Fsp3) is 0.571. The normalized spacial score (nSPS) is 21.1. The van der Waals surface area contributed by atoms with Crippen LogP contribution in [0.15, 0.2) is 18.3 Å². The van der Waals surface area contributed by atoms with E-state index in [2.05, 4.69) is 9.97 Å². The molecule has 0 saturated carbocycles. The summed E-state index contributed by atoms with van der Waals surface area (Å²) in [5.74, 6) is 1.53. The highest BCUT2D eigenvalue weighted by atomic mass is 32.2. The average Bonchev–Trinajstić information content (AvgIpc) is 2.98. The lowest BCUT2D eigenvalue weighted by Crippen LogP contribution is -2.15. The smallest absolute Gasteiger partial charge is 0.159 e. The van der Waals surface area contributed by atoms with Crippen molar-refractivity contribution in [2.75, 3.05) is 18.1 Å². The Morgan fingerprint density at radius 2 is 2.29 bits per heavy atom. The van der Waals surface area contributed by atoms with E-state index in [9.17, 15) is 8.42 Å². The van der Waals surface area contributed by atoms with Crippen LogP contribution in [0.25, 0.3) is 11.2 Å². The first kappa shape index (κ1) is 14.5. The van der Waals surface area contributed by atoms with Gasteiger partial charge >= 0.3 is 0 Å². The predicted molar refractivity (Wildman–Crippen MR) is 79.7 cm³/mol. The van der Waals surface area contributed by atoms with Crippen LogP contribution in [0.5, 0.6) is 0 Å². The lowest BCUT2D eigenvalue weighted by Gasteiger charge is -2.12.